The Hall–Kier alpha value is -4.37. The van der Waals surface area contributed by atoms with E-state index in [0.29, 0.717) is 36.8 Å². The number of ketones is 2. The van der Waals surface area contributed by atoms with Gasteiger partial charge in [-0.1, -0.05) is 64.5 Å². The summed E-state index contributed by atoms with van der Waals surface area (Å²) in [5.74, 6) is 0.123. The van der Waals surface area contributed by atoms with Gasteiger partial charge in [-0.2, -0.15) is 0 Å². The highest BCUT2D eigenvalue weighted by Gasteiger charge is 2.35. The smallest absolute Gasteiger partial charge is 0.419 e. The maximum Gasteiger partial charge on any atom is 0.419 e. The van der Waals surface area contributed by atoms with Crippen LogP contribution in [0.1, 0.15) is 92.9 Å². The Labute approximate surface area is 297 Å². The number of carbonyl (C=O) groups is 4. The predicted molar refractivity (Wildman–Crippen MR) is 199 cm³/mol. The molecule has 4 aromatic rings. The Morgan fingerprint density at radius 3 is 1.80 bits per heavy atom. The first-order chi connectivity index (χ1) is 23.1. The van der Waals surface area contributed by atoms with Crippen molar-refractivity contribution in [1.82, 2.24) is 9.13 Å². The van der Waals surface area contributed by atoms with Crippen molar-refractivity contribution >= 4 is 61.5 Å². The first-order valence-electron chi connectivity index (χ1n) is 16.5. The Balaban J connectivity index is 0.000000201. The lowest BCUT2D eigenvalue weighted by Gasteiger charge is -2.23. The lowest BCUT2D eigenvalue weighted by atomic mass is 9.83. The standard InChI is InChI=1S/C20H23NO3.C17H18NO3.C3H5Br/c1-5-8-13-11-12-16-17(18(13)22)14-9-6-7-10-15(14)21(16)19(23)24-20(2,3)4;1-17(2,3)21-16(20)18-12-8-5-4-7-11(12)15-13(18)9-6-10-14(15)19;1-2-3-4/h5-7,9-10,13H,1,8,11-12H2,2-4H3;4-8H,9-10H2,1-3H3;2H,1,3H2/q;+1;. The summed E-state index contributed by atoms with van der Waals surface area (Å²) < 4.78 is 14.2. The number of aromatic nitrogens is 2. The fourth-order valence-electron chi connectivity index (χ4n) is 6.15. The molecule has 49 heavy (non-hydrogen) atoms. The second-order valence-electron chi connectivity index (χ2n) is 14.0. The Bertz CT molecular complexity index is 1900. The summed E-state index contributed by atoms with van der Waals surface area (Å²) in [4.78, 5) is 50.4. The molecule has 258 valence electrons. The second kappa shape index (κ2) is 15.5. The molecule has 0 amide bonds. The van der Waals surface area contributed by atoms with Crippen molar-refractivity contribution in [3.63, 3.8) is 0 Å². The molecular formula is C40H46BrN2O6+. The van der Waals surface area contributed by atoms with Gasteiger partial charge in [0.15, 0.2) is 12.2 Å². The van der Waals surface area contributed by atoms with E-state index < -0.39 is 23.4 Å². The summed E-state index contributed by atoms with van der Waals surface area (Å²) in [5.41, 5.74) is 3.17. The molecule has 6 rings (SSSR count). The zero-order valence-electron chi connectivity index (χ0n) is 29.3. The molecule has 9 heteroatoms. The highest BCUT2D eigenvalue weighted by atomic mass is 79.9. The summed E-state index contributed by atoms with van der Waals surface area (Å²) in [6.45, 7) is 18.2. The number of para-hydroxylation sites is 2. The molecule has 0 fully saturated rings. The molecule has 2 aliphatic carbocycles. The molecule has 0 saturated heterocycles. The molecular weight excluding hydrogens is 684 g/mol. The number of alkyl halides is 1. The number of hydrogen-bond donors (Lipinski definition) is 0. The highest BCUT2D eigenvalue weighted by Crippen LogP contribution is 2.36. The van der Waals surface area contributed by atoms with Crippen LogP contribution in [0.15, 0.2) is 73.8 Å². The van der Waals surface area contributed by atoms with Crippen LogP contribution >= 0.6 is 15.9 Å². The zero-order valence-corrected chi connectivity index (χ0v) is 30.9. The van der Waals surface area contributed by atoms with Crippen molar-refractivity contribution in [2.45, 2.75) is 84.8 Å². The lowest BCUT2D eigenvalue weighted by Crippen LogP contribution is -2.30. The molecule has 1 atom stereocenters. The van der Waals surface area contributed by atoms with Gasteiger partial charge in [-0.15, -0.1) is 13.2 Å². The third kappa shape index (κ3) is 8.44. The number of allylic oxidation sites excluding steroid dienone is 2. The minimum Gasteiger partial charge on any atom is -0.443 e. The number of halogens is 1. The molecule has 1 unspecified atom stereocenters. The van der Waals surface area contributed by atoms with Gasteiger partial charge in [-0.05, 0) is 72.9 Å². The van der Waals surface area contributed by atoms with Crippen LogP contribution in [0.3, 0.4) is 0 Å². The molecule has 0 radical (unpaired) electrons. The number of Topliss-reactive ketones (excluding diaryl/α,β-unsaturated/α-hetero) is 2. The summed E-state index contributed by atoms with van der Waals surface area (Å²) in [5, 5.41) is 2.56. The zero-order chi connectivity index (χ0) is 36.1. The molecule has 0 aliphatic heterocycles. The van der Waals surface area contributed by atoms with Gasteiger partial charge in [0.25, 0.3) is 0 Å². The fourth-order valence-corrected chi connectivity index (χ4v) is 6.15. The lowest BCUT2D eigenvalue weighted by molar-refractivity contribution is 0.0527. The van der Waals surface area contributed by atoms with Crippen molar-refractivity contribution in [3.8, 4) is 0 Å². The highest BCUT2D eigenvalue weighted by molar-refractivity contribution is 9.09. The number of nitrogens with zero attached hydrogens (tertiary/aromatic N) is 2. The summed E-state index contributed by atoms with van der Waals surface area (Å²) in [7, 11) is 0. The first kappa shape index (κ1) is 37.4. The van der Waals surface area contributed by atoms with Crippen LogP contribution in [-0.4, -0.2) is 49.4 Å². The fraction of sp³-hybridized carbons (Fsp3) is 0.375. The molecule has 2 aromatic carbocycles. The number of rotatable bonds is 3. The minimum absolute atomic E-state index is 0.0482. The average Bonchev–Trinajstić information content (AvgIpc) is 3.56. The van der Waals surface area contributed by atoms with Crippen LogP contribution in [0, 0.1) is 12.3 Å². The minimum atomic E-state index is -0.584. The number of ether oxygens (including phenoxy) is 2. The van der Waals surface area contributed by atoms with E-state index in [-0.39, 0.29) is 17.5 Å². The third-order valence-electron chi connectivity index (χ3n) is 7.95. The van der Waals surface area contributed by atoms with Crippen LogP contribution < -0.4 is 0 Å². The maximum atomic E-state index is 12.9. The van der Waals surface area contributed by atoms with Gasteiger partial charge in [0.05, 0.1) is 28.7 Å². The molecule has 8 nitrogen and oxygen atoms in total. The molecule has 0 bridgehead atoms. The average molecular weight is 731 g/mol. The van der Waals surface area contributed by atoms with Gasteiger partial charge in [-0.25, -0.2) is 18.7 Å². The largest absolute Gasteiger partial charge is 0.443 e. The van der Waals surface area contributed by atoms with E-state index in [1.807, 2.05) is 96.5 Å². The van der Waals surface area contributed by atoms with Crippen molar-refractivity contribution < 1.29 is 28.7 Å². The number of carbonyl (C=O) groups excluding carboxylic acids is 4. The van der Waals surface area contributed by atoms with Gasteiger partial charge in [0.2, 0.25) is 5.78 Å². The summed E-state index contributed by atoms with van der Waals surface area (Å²) >= 11 is 3.13. The van der Waals surface area contributed by atoms with E-state index in [1.165, 1.54) is 0 Å². The maximum absolute atomic E-state index is 12.9. The van der Waals surface area contributed by atoms with Crippen LogP contribution in [0.25, 0.3) is 21.8 Å². The SMILES string of the molecule is C=CCBr.C=CCC1CCc2c(c3ccccc3n2C(=O)OC(C)(C)C)C1=O.CC(C)(C)OC(=O)n1c2c(c3ccccc31)C(=O)C[CH+]C2. The number of fused-ring (bicyclic) bond motifs is 6. The van der Waals surface area contributed by atoms with Crippen LogP contribution in [0.4, 0.5) is 9.59 Å². The van der Waals surface area contributed by atoms with E-state index in [0.717, 1.165) is 44.9 Å². The second-order valence-corrected chi connectivity index (χ2v) is 14.6. The van der Waals surface area contributed by atoms with E-state index in [2.05, 4.69) is 29.1 Å². The van der Waals surface area contributed by atoms with E-state index in [4.69, 9.17) is 9.47 Å². The van der Waals surface area contributed by atoms with E-state index in [1.54, 1.807) is 21.3 Å². The number of benzene rings is 2. The predicted octanol–water partition coefficient (Wildman–Crippen LogP) is 10.1. The molecule has 2 aliphatic rings. The van der Waals surface area contributed by atoms with Crippen molar-refractivity contribution in [2.75, 3.05) is 5.33 Å². The van der Waals surface area contributed by atoms with E-state index in [9.17, 15) is 19.2 Å². The normalized spacial score (nSPS) is 15.4. The molecule has 0 saturated carbocycles. The van der Waals surface area contributed by atoms with Gasteiger partial charge in [0.1, 0.15) is 17.6 Å². The van der Waals surface area contributed by atoms with Crippen molar-refractivity contribution in [3.05, 3.63) is 103 Å². The van der Waals surface area contributed by atoms with Gasteiger partial charge < -0.3 is 9.47 Å². The van der Waals surface area contributed by atoms with Crippen LogP contribution in [-0.2, 0) is 22.3 Å². The summed E-state index contributed by atoms with van der Waals surface area (Å²) in [6.07, 6.45) is 7.77. The van der Waals surface area contributed by atoms with Gasteiger partial charge >= 0.3 is 12.2 Å². The quantitative estimate of drug-likeness (QED) is 0.118. The third-order valence-corrected chi connectivity index (χ3v) is 8.41. The van der Waals surface area contributed by atoms with Gasteiger partial charge in [-0.3, -0.25) is 9.59 Å². The molecule has 0 N–H and O–H groups in total. The Morgan fingerprint density at radius 2 is 1.31 bits per heavy atom. The molecule has 2 aromatic heterocycles. The summed E-state index contributed by atoms with van der Waals surface area (Å²) in [6, 6.07) is 15.0. The van der Waals surface area contributed by atoms with E-state index >= 15 is 0 Å². The monoisotopic (exact) mass is 729 g/mol. The molecule has 2 heterocycles. The Kier molecular flexibility index (Phi) is 11.8. The topological polar surface area (TPSA) is 96.6 Å². The number of hydrogen-bond acceptors (Lipinski definition) is 6. The Morgan fingerprint density at radius 1 is 0.816 bits per heavy atom. The van der Waals surface area contributed by atoms with Crippen LogP contribution in [0.5, 0.6) is 0 Å². The first-order valence-corrected chi connectivity index (χ1v) is 17.6. The van der Waals surface area contributed by atoms with Crippen molar-refractivity contribution in [2.24, 2.45) is 5.92 Å². The van der Waals surface area contributed by atoms with Gasteiger partial charge in [0, 0.05) is 33.3 Å². The van der Waals surface area contributed by atoms with Crippen LogP contribution in [0.2, 0.25) is 0 Å². The van der Waals surface area contributed by atoms with Crippen molar-refractivity contribution in [1.29, 1.82) is 0 Å². The molecule has 0 spiro atoms.